The number of nitrogens with one attached hydrogen (secondary N) is 1. The van der Waals surface area contributed by atoms with Crippen molar-refractivity contribution in [3.63, 3.8) is 0 Å². The van der Waals surface area contributed by atoms with Gasteiger partial charge in [-0.3, -0.25) is 10.1 Å². The number of carbonyl (C=O) groups excluding carboxylic acids is 1. The molecule has 27 heavy (non-hydrogen) atoms. The predicted molar refractivity (Wildman–Crippen MR) is 108 cm³/mol. The first-order valence-corrected chi connectivity index (χ1v) is 9.09. The molecule has 0 atom stereocenters. The normalized spacial score (nSPS) is 10.8. The Morgan fingerprint density at radius 1 is 1.15 bits per heavy atom. The molecule has 138 valence electrons. The van der Waals surface area contributed by atoms with E-state index in [1.165, 1.54) is 17.4 Å². The third-order valence-electron chi connectivity index (χ3n) is 3.61. The van der Waals surface area contributed by atoms with Gasteiger partial charge in [-0.05, 0) is 24.3 Å². The van der Waals surface area contributed by atoms with E-state index in [-0.39, 0.29) is 5.91 Å². The molecular weight excluding hydrogens is 386 g/mol. The van der Waals surface area contributed by atoms with Crippen molar-refractivity contribution >= 4 is 40.1 Å². The van der Waals surface area contributed by atoms with Crippen LogP contribution >= 0.6 is 22.9 Å². The summed E-state index contributed by atoms with van der Waals surface area (Å²) >= 11 is 7.41. The van der Waals surface area contributed by atoms with Crippen LogP contribution < -0.4 is 14.8 Å². The zero-order valence-corrected chi connectivity index (χ0v) is 16.2. The lowest BCUT2D eigenvalue weighted by Crippen LogP contribution is -2.07. The molecule has 1 aromatic heterocycles. The first kappa shape index (κ1) is 18.9. The summed E-state index contributed by atoms with van der Waals surface area (Å²) in [6.45, 7) is 0. The molecule has 3 rings (SSSR count). The summed E-state index contributed by atoms with van der Waals surface area (Å²) in [5.41, 5.74) is 1.53. The first-order valence-electron chi connectivity index (χ1n) is 7.90. The quantitative estimate of drug-likeness (QED) is 0.614. The van der Waals surface area contributed by atoms with Crippen molar-refractivity contribution in [1.29, 1.82) is 0 Å². The number of benzene rings is 2. The standard InChI is InChI=1S/C19H16ClN3O3S/c1-25-13-9-7-12(16(11-13)26-2)8-10-17(24)21-19-23-22-18(27-19)14-5-3-4-6-15(14)20/h3-11H,1-2H3,(H,21,23,24)/b10-8+. The van der Waals surface area contributed by atoms with Crippen molar-refractivity contribution in [2.45, 2.75) is 0 Å². The van der Waals surface area contributed by atoms with Gasteiger partial charge >= 0.3 is 0 Å². The van der Waals surface area contributed by atoms with Crippen LogP contribution in [-0.4, -0.2) is 30.3 Å². The van der Waals surface area contributed by atoms with Gasteiger partial charge in [0.15, 0.2) is 5.01 Å². The van der Waals surface area contributed by atoms with Gasteiger partial charge in [0, 0.05) is 23.3 Å². The van der Waals surface area contributed by atoms with E-state index in [2.05, 4.69) is 15.5 Å². The predicted octanol–water partition coefficient (Wildman–Crippen LogP) is 4.53. The Morgan fingerprint density at radius 3 is 2.70 bits per heavy atom. The van der Waals surface area contributed by atoms with Crippen LogP contribution in [0.2, 0.25) is 5.02 Å². The van der Waals surface area contributed by atoms with Crippen LogP contribution in [0.4, 0.5) is 5.13 Å². The lowest BCUT2D eigenvalue weighted by Gasteiger charge is -2.07. The summed E-state index contributed by atoms with van der Waals surface area (Å²) in [5.74, 6) is 0.958. The van der Waals surface area contributed by atoms with Gasteiger partial charge in [0.25, 0.3) is 0 Å². The summed E-state index contributed by atoms with van der Waals surface area (Å²) in [4.78, 5) is 12.2. The number of anilines is 1. The number of rotatable bonds is 6. The smallest absolute Gasteiger partial charge is 0.250 e. The van der Waals surface area contributed by atoms with Crippen LogP contribution in [0.3, 0.4) is 0 Å². The van der Waals surface area contributed by atoms with Crippen LogP contribution in [0, 0.1) is 0 Å². The Balaban J connectivity index is 1.70. The fraction of sp³-hybridized carbons (Fsp3) is 0.105. The van der Waals surface area contributed by atoms with E-state index in [4.69, 9.17) is 21.1 Å². The number of carbonyl (C=O) groups is 1. The molecule has 0 saturated heterocycles. The minimum Gasteiger partial charge on any atom is -0.497 e. The van der Waals surface area contributed by atoms with Gasteiger partial charge in [-0.2, -0.15) is 0 Å². The Kier molecular flexibility index (Phi) is 6.05. The molecule has 0 spiro atoms. The van der Waals surface area contributed by atoms with Crippen molar-refractivity contribution < 1.29 is 14.3 Å². The van der Waals surface area contributed by atoms with Gasteiger partial charge in [0.1, 0.15) is 11.5 Å². The lowest BCUT2D eigenvalue weighted by molar-refractivity contribution is -0.111. The van der Waals surface area contributed by atoms with Gasteiger partial charge < -0.3 is 9.47 Å². The van der Waals surface area contributed by atoms with Crippen LogP contribution in [0.5, 0.6) is 11.5 Å². The van der Waals surface area contributed by atoms with E-state index >= 15 is 0 Å². The molecule has 2 aromatic carbocycles. The maximum absolute atomic E-state index is 12.2. The Bertz CT molecular complexity index is 988. The molecule has 0 aliphatic rings. The number of nitrogens with zero attached hydrogens (tertiary/aromatic N) is 2. The number of amides is 1. The largest absolute Gasteiger partial charge is 0.497 e. The van der Waals surface area contributed by atoms with E-state index in [0.717, 1.165) is 11.1 Å². The van der Waals surface area contributed by atoms with Crippen LogP contribution in [0.25, 0.3) is 16.6 Å². The molecule has 0 fully saturated rings. The molecule has 0 aliphatic heterocycles. The maximum atomic E-state index is 12.2. The summed E-state index contributed by atoms with van der Waals surface area (Å²) in [7, 11) is 3.14. The fourth-order valence-corrected chi connectivity index (χ4v) is 3.35. The minimum atomic E-state index is -0.324. The second kappa shape index (κ2) is 8.66. The monoisotopic (exact) mass is 401 g/mol. The van der Waals surface area contributed by atoms with Crippen molar-refractivity contribution in [3.8, 4) is 22.1 Å². The highest BCUT2D eigenvalue weighted by Gasteiger charge is 2.11. The molecule has 0 radical (unpaired) electrons. The average Bonchev–Trinajstić information content (AvgIpc) is 3.14. The number of aromatic nitrogens is 2. The van der Waals surface area contributed by atoms with Crippen molar-refractivity contribution in [3.05, 3.63) is 59.1 Å². The second-order valence-electron chi connectivity index (χ2n) is 5.32. The molecule has 0 aliphatic carbocycles. The molecule has 1 amide bonds. The number of halogens is 1. The Morgan fingerprint density at radius 2 is 1.96 bits per heavy atom. The maximum Gasteiger partial charge on any atom is 0.250 e. The zero-order valence-electron chi connectivity index (χ0n) is 14.6. The second-order valence-corrected chi connectivity index (χ2v) is 6.71. The van der Waals surface area contributed by atoms with Crippen LogP contribution in [0.15, 0.2) is 48.5 Å². The van der Waals surface area contributed by atoms with E-state index in [0.29, 0.717) is 26.7 Å². The van der Waals surface area contributed by atoms with Crippen molar-refractivity contribution in [2.75, 3.05) is 19.5 Å². The highest BCUT2D eigenvalue weighted by atomic mass is 35.5. The summed E-state index contributed by atoms with van der Waals surface area (Å²) < 4.78 is 10.5. The van der Waals surface area contributed by atoms with Crippen molar-refractivity contribution in [1.82, 2.24) is 10.2 Å². The molecule has 0 unspecified atom stereocenters. The lowest BCUT2D eigenvalue weighted by atomic mass is 10.1. The van der Waals surface area contributed by atoms with Gasteiger partial charge in [-0.1, -0.05) is 41.1 Å². The summed E-state index contributed by atoms with van der Waals surface area (Å²) in [5, 5.41) is 12.4. The van der Waals surface area contributed by atoms with Crippen LogP contribution in [0.1, 0.15) is 5.56 Å². The Labute approximate surface area is 165 Å². The number of methoxy groups -OCH3 is 2. The van der Waals surface area contributed by atoms with Crippen molar-refractivity contribution in [2.24, 2.45) is 0 Å². The summed E-state index contributed by atoms with van der Waals surface area (Å²) in [6.07, 6.45) is 3.06. The average molecular weight is 402 g/mol. The molecular formula is C19H16ClN3O3S. The van der Waals surface area contributed by atoms with E-state index in [1.54, 1.807) is 38.5 Å². The molecule has 6 nitrogen and oxygen atoms in total. The third kappa shape index (κ3) is 4.64. The van der Waals surface area contributed by atoms with E-state index in [9.17, 15) is 4.79 Å². The molecule has 0 saturated carbocycles. The number of hydrogen-bond donors (Lipinski definition) is 1. The van der Waals surface area contributed by atoms with Crippen LogP contribution in [-0.2, 0) is 4.79 Å². The van der Waals surface area contributed by atoms with Gasteiger partial charge in [0.2, 0.25) is 11.0 Å². The molecule has 1 heterocycles. The highest BCUT2D eigenvalue weighted by molar-refractivity contribution is 7.18. The first-order chi connectivity index (χ1) is 13.1. The molecule has 3 aromatic rings. The number of ether oxygens (including phenoxy) is 2. The fourth-order valence-electron chi connectivity index (χ4n) is 2.29. The number of hydrogen-bond acceptors (Lipinski definition) is 6. The Hall–Kier alpha value is -2.90. The molecule has 1 N–H and O–H groups in total. The summed E-state index contributed by atoms with van der Waals surface area (Å²) in [6, 6.07) is 12.7. The third-order valence-corrected chi connectivity index (χ3v) is 4.82. The topological polar surface area (TPSA) is 73.3 Å². The molecule has 0 bridgehead atoms. The minimum absolute atomic E-state index is 0.324. The van der Waals surface area contributed by atoms with Gasteiger partial charge in [-0.15, -0.1) is 10.2 Å². The van der Waals surface area contributed by atoms with E-state index in [1.807, 2.05) is 24.3 Å². The zero-order chi connectivity index (χ0) is 19.2. The van der Waals surface area contributed by atoms with E-state index < -0.39 is 0 Å². The van der Waals surface area contributed by atoms with Gasteiger partial charge in [-0.25, -0.2) is 0 Å². The van der Waals surface area contributed by atoms with Gasteiger partial charge in [0.05, 0.1) is 19.2 Å². The molecule has 8 heteroatoms. The highest BCUT2D eigenvalue weighted by Crippen LogP contribution is 2.31. The SMILES string of the molecule is COc1ccc(/C=C/C(=O)Nc2nnc(-c3ccccc3Cl)s2)c(OC)c1.